The van der Waals surface area contributed by atoms with Crippen molar-refractivity contribution in [1.82, 2.24) is 5.32 Å². The summed E-state index contributed by atoms with van der Waals surface area (Å²) >= 11 is 0. The highest BCUT2D eigenvalue weighted by atomic mass is 19.1. The first-order chi connectivity index (χ1) is 13.2. The predicted octanol–water partition coefficient (Wildman–Crippen LogP) is 4.69. The van der Waals surface area contributed by atoms with E-state index in [0.717, 1.165) is 19.3 Å². The first-order valence-corrected chi connectivity index (χ1v) is 9.39. The van der Waals surface area contributed by atoms with Crippen LogP contribution in [0.3, 0.4) is 0 Å². The van der Waals surface area contributed by atoms with Gasteiger partial charge >= 0.3 is 0 Å². The van der Waals surface area contributed by atoms with Gasteiger partial charge in [-0.25, -0.2) is 4.39 Å². The molecule has 0 aliphatic heterocycles. The summed E-state index contributed by atoms with van der Waals surface area (Å²) in [6, 6.07) is 18.7. The lowest BCUT2D eigenvalue weighted by Crippen LogP contribution is -2.38. The van der Waals surface area contributed by atoms with Crippen LogP contribution in [0, 0.1) is 5.82 Å². The average molecular weight is 363 g/mol. The van der Waals surface area contributed by atoms with E-state index in [1.54, 1.807) is 24.3 Å². The van der Waals surface area contributed by atoms with Crippen LogP contribution in [0.4, 0.5) is 4.39 Å². The van der Waals surface area contributed by atoms with Gasteiger partial charge in [-0.15, -0.1) is 0 Å². The van der Waals surface area contributed by atoms with Crippen LogP contribution in [0.5, 0.6) is 0 Å². The second-order valence-corrected chi connectivity index (χ2v) is 7.02. The lowest BCUT2D eigenvalue weighted by molar-refractivity contribution is -0.121. The fourth-order valence-electron chi connectivity index (χ4n) is 3.68. The maximum atomic E-state index is 13.8. The number of benzene rings is 2. The predicted molar refractivity (Wildman–Crippen MR) is 103 cm³/mol. The molecule has 1 aliphatic rings. The topological polar surface area (TPSA) is 42.2 Å². The summed E-state index contributed by atoms with van der Waals surface area (Å²) in [6.45, 7) is 0. The van der Waals surface area contributed by atoms with Crippen LogP contribution in [0.2, 0.25) is 0 Å². The molecule has 1 heterocycles. The van der Waals surface area contributed by atoms with Crippen LogP contribution in [0.15, 0.2) is 65.1 Å². The van der Waals surface area contributed by atoms with E-state index in [2.05, 4.69) is 23.5 Å². The molecule has 1 aliphatic carbocycles. The average Bonchev–Trinajstić information content (AvgIpc) is 3.15. The van der Waals surface area contributed by atoms with Crippen LogP contribution in [-0.2, 0) is 24.1 Å². The molecule has 1 N–H and O–H groups in total. The van der Waals surface area contributed by atoms with Gasteiger partial charge in [0.05, 0.1) is 5.56 Å². The number of amides is 1. The highest BCUT2D eigenvalue weighted by Crippen LogP contribution is 2.25. The monoisotopic (exact) mass is 363 g/mol. The Labute approximate surface area is 158 Å². The number of fused-ring (bicyclic) bond motifs is 1. The second-order valence-electron chi connectivity index (χ2n) is 7.02. The second kappa shape index (κ2) is 7.78. The van der Waals surface area contributed by atoms with Crippen molar-refractivity contribution in [3.05, 3.63) is 83.4 Å². The van der Waals surface area contributed by atoms with Crippen LogP contribution in [0.1, 0.15) is 29.7 Å². The van der Waals surface area contributed by atoms with Gasteiger partial charge in [-0.2, -0.15) is 0 Å². The van der Waals surface area contributed by atoms with Crippen molar-refractivity contribution in [3.8, 4) is 11.3 Å². The van der Waals surface area contributed by atoms with E-state index in [1.807, 2.05) is 12.1 Å². The van der Waals surface area contributed by atoms with Crippen molar-refractivity contribution in [2.24, 2.45) is 0 Å². The lowest BCUT2D eigenvalue weighted by atomic mass is 9.88. The van der Waals surface area contributed by atoms with Crippen molar-refractivity contribution >= 4 is 5.91 Å². The molecule has 1 atom stereocenters. The number of carbonyl (C=O) groups excluding carboxylic acids is 1. The fourth-order valence-corrected chi connectivity index (χ4v) is 3.68. The highest BCUT2D eigenvalue weighted by Gasteiger charge is 2.20. The molecule has 1 amide bonds. The Kier molecular flexibility index (Phi) is 5.05. The molecule has 0 fully saturated rings. The smallest absolute Gasteiger partial charge is 0.220 e. The van der Waals surface area contributed by atoms with Gasteiger partial charge in [0.15, 0.2) is 0 Å². The van der Waals surface area contributed by atoms with Crippen LogP contribution >= 0.6 is 0 Å². The summed E-state index contributed by atoms with van der Waals surface area (Å²) in [6.07, 6.45) is 3.73. The third-order valence-electron chi connectivity index (χ3n) is 5.11. The standard InChI is InChI=1S/C23H22FNO2/c24-21-8-4-3-7-20(21)22-13-11-19(27-22)12-14-23(26)25-18-10-9-16-5-1-2-6-17(16)15-18/h1-8,11,13,18H,9-10,12,14-15H2,(H,25,26). The molecule has 4 rings (SSSR count). The normalized spacial score (nSPS) is 16.0. The highest BCUT2D eigenvalue weighted by molar-refractivity contribution is 5.76. The third kappa shape index (κ3) is 4.11. The summed E-state index contributed by atoms with van der Waals surface area (Å²) < 4.78 is 19.6. The van der Waals surface area contributed by atoms with E-state index < -0.39 is 0 Å². The van der Waals surface area contributed by atoms with E-state index in [1.165, 1.54) is 17.2 Å². The number of aryl methyl sites for hydroxylation is 2. The Hall–Kier alpha value is -2.88. The molecule has 3 aromatic rings. The Morgan fingerprint density at radius 3 is 2.67 bits per heavy atom. The first kappa shape index (κ1) is 17.5. The van der Waals surface area contributed by atoms with Crippen molar-refractivity contribution in [2.45, 2.75) is 38.1 Å². The zero-order chi connectivity index (χ0) is 18.6. The van der Waals surface area contributed by atoms with Gasteiger partial charge in [-0.1, -0.05) is 36.4 Å². The van der Waals surface area contributed by atoms with E-state index in [0.29, 0.717) is 29.9 Å². The quantitative estimate of drug-likeness (QED) is 0.714. The summed E-state index contributed by atoms with van der Waals surface area (Å²) in [5.74, 6) is 0.904. The van der Waals surface area contributed by atoms with Gasteiger partial charge in [0.2, 0.25) is 5.91 Å². The fraction of sp³-hybridized carbons (Fsp3) is 0.261. The molecule has 0 bridgehead atoms. The van der Waals surface area contributed by atoms with Crippen molar-refractivity contribution in [3.63, 3.8) is 0 Å². The summed E-state index contributed by atoms with van der Waals surface area (Å²) in [4.78, 5) is 12.3. The molecular weight excluding hydrogens is 341 g/mol. The number of rotatable bonds is 5. The van der Waals surface area contributed by atoms with Gasteiger partial charge in [0.1, 0.15) is 17.3 Å². The van der Waals surface area contributed by atoms with Crippen LogP contribution < -0.4 is 5.32 Å². The summed E-state index contributed by atoms with van der Waals surface area (Å²) in [5, 5.41) is 3.14. The van der Waals surface area contributed by atoms with Crippen molar-refractivity contribution in [2.75, 3.05) is 0 Å². The molecule has 0 saturated heterocycles. The molecule has 0 saturated carbocycles. The molecule has 4 heteroatoms. The number of hydrogen-bond acceptors (Lipinski definition) is 2. The van der Waals surface area contributed by atoms with E-state index in [-0.39, 0.29) is 17.8 Å². The largest absolute Gasteiger partial charge is 0.461 e. The summed E-state index contributed by atoms with van der Waals surface area (Å²) in [7, 11) is 0. The zero-order valence-electron chi connectivity index (χ0n) is 15.1. The maximum absolute atomic E-state index is 13.8. The third-order valence-corrected chi connectivity index (χ3v) is 5.11. The Morgan fingerprint density at radius 2 is 1.81 bits per heavy atom. The van der Waals surface area contributed by atoms with E-state index >= 15 is 0 Å². The van der Waals surface area contributed by atoms with Gasteiger partial charge in [0.25, 0.3) is 0 Å². The zero-order valence-corrected chi connectivity index (χ0v) is 15.1. The number of halogens is 1. The number of nitrogens with one attached hydrogen (secondary N) is 1. The molecule has 0 radical (unpaired) electrons. The van der Waals surface area contributed by atoms with Gasteiger partial charge in [-0.05, 0) is 54.7 Å². The van der Waals surface area contributed by atoms with Crippen molar-refractivity contribution < 1.29 is 13.6 Å². The minimum atomic E-state index is -0.311. The Bertz CT molecular complexity index is 947. The SMILES string of the molecule is O=C(CCc1ccc(-c2ccccc2F)o1)NC1CCc2ccccc2C1. The van der Waals surface area contributed by atoms with Gasteiger partial charge in [-0.3, -0.25) is 4.79 Å². The molecule has 138 valence electrons. The van der Waals surface area contributed by atoms with E-state index in [9.17, 15) is 9.18 Å². The lowest BCUT2D eigenvalue weighted by Gasteiger charge is -2.25. The minimum absolute atomic E-state index is 0.0308. The summed E-state index contributed by atoms with van der Waals surface area (Å²) in [5.41, 5.74) is 3.16. The Morgan fingerprint density at radius 1 is 1.04 bits per heavy atom. The Balaban J connectivity index is 1.31. The number of hydrogen-bond donors (Lipinski definition) is 1. The van der Waals surface area contributed by atoms with Crippen LogP contribution in [-0.4, -0.2) is 11.9 Å². The molecule has 3 nitrogen and oxygen atoms in total. The first-order valence-electron chi connectivity index (χ1n) is 9.39. The maximum Gasteiger partial charge on any atom is 0.220 e. The molecular formula is C23H22FNO2. The molecule has 0 spiro atoms. The van der Waals surface area contributed by atoms with E-state index in [4.69, 9.17) is 4.42 Å². The van der Waals surface area contributed by atoms with Gasteiger partial charge < -0.3 is 9.73 Å². The number of furan rings is 1. The molecule has 1 aromatic heterocycles. The van der Waals surface area contributed by atoms with Gasteiger partial charge in [0, 0.05) is 18.9 Å². The number of carbonyl (C=O) groups is 1. The molecule has 1 unspecified atom stereocenters. The minimum Gasteiger partial charge on any atom is -0.461 e. The molecule has 2 aromatic carbocycles. The van der Waals surface area contributed by atoms with Crippen LogP contribution in [0.25, 0.3) is 11.3 Å². The van der Waals surface area contributed by atoms with Crippen molar-refractivity contribution in [1.29, 1.82) is 0 Å². The molecule has 27 heavy (non-hydrogen) atoms.